The lowest BCUT2D eigenvalue weighted by atomic mass is 10.2. The molecule has 0 aliphatic heterocycles. The molecule has 0 aromatic rings. The SMILES string of the molecule is COC(CNC(=O)NCC(C)CSC)C(=O)O. The minimum atomic E-state index is -1.09. The van der Waals surface area contributed by atoms with E-state index >= 15 is 0 Å². The number of ether oxygens (including phenoxy) is 1. The largest absolute Gasteiger partial charge is 0.479 e. The molecule has 100 valence electrons. The summed E-state index contributed by atoms with van der Waals surface area (Å²) in [4.78, 5) is 21.9. The normalized spacial score (nSPS) is 13.8. The van der Waals surface area contributed by atoms with Gasteiger partial charge < -0.3 is 20.5 Å². The van der Waals surface area contributed by atoms with Crippen molar-refractivity contribution in [3.8, 4) is 0 Å². The zero-order valence-electron chi connectivity index (χ0n) is 10.4. The Morgan fingerprint density at radius 1 is 1.35 bits per heavy atom. The van der Waals surface area contributed by atoms with Crippen molar-refractivity contribution >= 4 is 23.8 Å². The van der Waals surface area contributed by atoms with Crippen LogP contribution in [0.1, 0.15) is 6.92 Å². The average molecular weight is 264 g/mol. The second-order valence-electron chi connectivity index (χ2n) is 3.71. The monoisotopic (exact) mass is 264 g/mol. The number of carboxylic acids is 1. The zero-order valence-corrected chi connectivity index (χ0v) is 11.2. The highest BCUT2D eigenvalue weighted by molar-refractivity contribution is 7.98. The fourth-order valence-electron chi connectivity index (χ4n) is 1.13. The quantitative estimate of drug-likeness (QED) is 0.590. The van der Waals surface area contributed by atoms with Crippen molar-refractivity contribution in [2.75, 3.05) is 32.2 Å². The van der Waals surface area contributed by atoms with Gasteiger partial charge in [-0.25, -0.2) is 9.59 Å². The van der Waals surface area contributed by atoms with Crippen LogP contribution < -0.4 is 10.6 Å². The number of aliphatic carboxylic acids is 1. The van der Waals surface area contributed by atoms with Gasteiger partial charge in [-0.15, -0.1) is 0 Å². The number of rotatable bonds is 8. The van der Waals surface area contributed by atoms with Crippen LogP contribution in [0.4, 0.5) is 4.79 Å². The maximum Gasteiger partial charge on any atom is 0.334 e. The number of amides is 2. The van der Waals surface area contributed by atoms with Crippen molar-refractivity contribution in [1.29, 1.82) is 0 Å². The van der Waals surface area contributed by atoms with Crippen LogP contribution in [0.15, 0.2) is 0 Å². The van der Waals surface area contributed by atoms with Crippen LogP contribution in [-0.2, 0) is 9.53 Å². The van der Waals surface area contributed by atoms with E-state index < -0.39 is 12.1 Å². The smallest absolute Gasteiger partial charge is 0.334 e. The third-order valence-electron chi connectivity index (χ3n) is 2.07. The maximum absolute atomic E-state index is 11.3. The first-order chi connectivity index (χ1) is 8.01. The molecule has 3 N–H and O–H groups in total. The predicted molar refractivity (Wildman–Crippen MR) is 67.4 cm³/mol. The first-order valence-electron chi connectivity index (χ1n) is 5.27. The fourth-order valence-corrected chi connectivity index (χ4v) is 1.82. The van der Waals surface area contributed by atoms with Crippen molar-refractivity contribution in [3.63, 3.8) is 0 Å². The third kappa shape index (κ3) is 7.87. The number of nitrogens with one attached hydrogen (secondary N) is 2. The lowest BCUT2D eigenvalue weighted by Gasteiger charge is -2.14. The molecule has 2 unspecified atom stereocenters. The number of hydrogen-bond acceptors (Lipinski definition) is 4. The number of hydrogen-bond donors (Lipinski definition) is 3. The minimum Gasteiger partial charge on any atom is -0.479 e. The Morgan fingerprint density at radius 2 is 1.94 bits per heavy atom. The van der Waals surface area contributed by atoms with Crippen molar-refractivity contribution in [2.24, 2.45) is 5.92 Å². The van der Waals surface area contributed by atoms with Crippen LogP contribution in [0.2, 0.25) is 0 Å². The molecule has 0 aromatic carbocycles. The summed E-state index contributed by atoms with van der Waals surface area (Å²) in [6.07, 6.45) is 0.997. The number of urea groups is 1. The van der Waals surface area contributed by atoms with E-state index in [2.05, 4.69) is 15.4 Å². The van der Waals surface area contributed by atoms with Crippen molar-refractivity contribution < 1.29 is 19.4 Å². The Balaban J connectivity index is 3.75. The van der Waals surface area contributed by atoms with Gasteiger partial charge in [-0.2, -0.15) is 11.8 Å². The van der Waals surface area contributed by atoms with Gasteiger partial charge >= 0.3 is 12.0 Å². The second kappa shape index (κ2) is 9.12. The lowest BCUT2D eigenvalue weighted by Crippen LogP contribution is -2.44. The third-order valence-corrected chi connectivity index (χ3v) is 2.97. The fraction of sp³-hybridized carbons (Fsp3) is 0.800. The van der Waals surface area contributed by atoms with E-state index in [9.17, 15) is 9.59 Å². The Morgan fingerprint density at radius 3 is 2.41 bits per heavy atom. The van der Waals surface area contributed by atoms with E-state index in [-0.39, 0.29) is 12.6 Å². The van der Waals surface area contributed by atoms with Crippen LogP contribution in [0.5, 0.6) is 0 Å². The summed E-state index contributed by atoms with van der Waals surface area (Å²) in [5, 5.41) is 13.8. The van der Waals surface area contributed by atoms with Gasteiger partial charge in [0.25, 0.3) is 0 Å². The molecule has 0 rings (SSSR count). The summed E-state index contributed by atoms with van der Waals surface area (Å²) in [6.45, 7) is 2.55. The molecule has 2 amide bonds. The molecule has 2 atom stereocenters. The number of carboxylic acid groups (broad SMARTS) is 1. The Labute approximate surface area is 105 Å². The molecule has 0 saturated heterocycles. The molecule has 17 heavy (non-hydrogen) atoms. The lowest BCUT2D eigenvalue weighted by molar-refractivity contribution is -0.147. The highest BCUT2D eigenvalue weighted by Gasteiger charge is 2.16. The summed E-state index contributed by atoms with van der Waals surface area (Å²) in [5.41, 5.74) is 0. The number of carbonyl (C=O) groups excluding carboxylic acids is 1. The van der Waals surface area contributed by atoms with Gasteiger partial charge in [-0.05, 0) is 17.9 Å². The van der Waals surface area contributed by atoms with Gasteiger partial charge in [-0.3, -0.25) is 0 Å². The van der Waals surface area contributed by atoms with Gasteiger partial charge in [-0.1, -0.05) is 6.92 Å². The molecule has 0 spiro atoms. The second-order valence-corrected chi connectivity index (χ2v) is 4.62. The Kier molecular flexibility index (Phi) is 8.61. The van der Waals surface area contributed by atoms with E-state index in [1.807, 2.05) is 13.2 Å². The standard InChI is InChI=1S/C10H20N2O4S/c1-7(6-17-3)4-11-10(15)12-5-8(16-2)9(13)14/h7-8H,4-6H2,1-3H3,(H,13,14)(H2,11,12,15). The first kappa shape index (κ1) is 16.1. The molecule has 0 fully saturated rings. The van der Waals surface area contributed by atoms with Gasteiger partial charge in [0, 0.05) is 13.7 Å². The van der Waals surface area contributed by atoms with Crippen molar-refractivity contribution in [3.05, 3.63) is 0 Å². The minimum absolute atomic E-state index is 0.0470. The molecule has 0 radical (unpaired) electrons. The molecule has 0 bridgehead atoms. The summed E-state index contributed by atoms with van der Waals surface area (Å²) < 4.78 is 4.68. The van der Waals surface area contributed by atoms with Gasteiger partial charge in [0.2, 0.25) is 0 Å². The molecule has 0 saturated carbocycles. The van der Waals surface area contributed by atoms with E-state index in [0.29, 0.717) is 12.5 Å². The average Bonchev–Trinajstić information content (AvgIpc) is 2.27. The van der Waals surface area contributed by atoms with Crippen LogP contribution >= 0.6 is 11.8 Å². The topological polar surface area (TPSA) is 87.7 Å². The van der Waals surface area contributed by atoms with E-state index in [4.69, 9.17) is 5.11 Å². The first-order valence-corrected chi connectivity index (χ1v) is 6.66. The van der Waals surface area contributed by atoms with E-state index in [1.54, 1.807) is 11.8 Å². The van der Waals surface area contributed by atoms with Crippen molar-refractivity contribution in [2.45, 2.75) is 13.0 Å². The highest BCUT2D eigenvalue weighted by atomic mass is 32.2. The Bertz CT molecular complexity index is 250. The molecular formula is C10H20N2O4S. The van der Waals surface area contributed by atoms with Crippen molar-refractivity contribution in [1.82, 2.24) is 10.6 Å². The van der Waals surface area contributed by atoms with Crippen LogP contribution in [0, 0.1) is 5.92 Å². The summed E-state index contributed by atoms with van der Waals surface area (Å²) in [7, 11) is 1.29. The van der Waals surface area contributed by atoms with Crippen LogP contribution in [0.25, 0.3) is 0 Å². The number of carbonyl (C=O) groups is 2. The van der Waals surface area contributed by atoms with Crippen LogP contribution in [0.3, 0.4) is 0 Å². The highest BCUT2D eigenvalue weighted by Crippen LogP contribution is 2.02. The molecule has 0 aromatic heterocycles. The predicted octanol–water partition coefficient (Wildman–Crippen LogP) is 0.384. The van der Waals surface area contributed by atoms with Crippen LogP contribution in [-0.4, -0.2) is 55.4 Å². The van der Waals surface area contributed by atoms with Gasteiger partial charge in [0.05, 0.1) is 6.54 Å². The number of thioether (sulfide) groups is 1. The maximum atomic E-state index is 11.3. The van der Waals surface area contributed by atoms with Gasteiger partial charge in [0.15, 0.2) is 6.10 Å². The summed E-state index contributed by atoms with van der Waals surface area (Å²) in [5.74, 6) is 0.257. The number of methoxy groups -OCH3 is 1. The molecule has 6 nitrogen and oxygen atoms in total. The molecular weight excluding hydrogens is 244 g/mol. The van der Waals surface area contributed by atoms with E-state index in [0.717, 1.165) is 5.75 Å². The molecule has 7 heteroatoms. The Hall–Kier alpha value is -0.950. The zero-order chi connectivity index (χ0) is 13.3. The molecule has 0 aliphatic carbocycles. The molecule has 0 heterocycles. The summed E-state index contributed by atoms with van der Waals surface area (Å²) >= 11 is 1.72. The summed E-state index contributed by atoms with van der Waals surface area (Å²) in [6, 6.07) is -0.374. The van der Waals surface area contributed by atoms with E-state index in [1.165, 1.54) is 7.11 Å². The molecule has 0 aliphatic rings. The van der Waals surface area contributed by atoms with Gasteiger partial charge in [0.1, 0.15) is 0 Å².